The minimum atomic E-state index is -0.618. The quantitative estimate of drug-likeness (QED) is 0.368. The maximum atomic E-state index is 12.9. The van der Waals surface area contributed by atoms with Gasteiger partial charge in [0.05, 0.1) is 11.1 Å². The highest BCUT2D eigenvalue weighted by atomic mass is 32.2. The van der Waals surface area contributed by atoms with Gasteiger partial charge < -0.3 is 10.6 Å². The highest BCUT2D eigenvalue weighted by molar-refractivity contribution is 7.99. The van der Waals surface area contributed by atoms with Gasteiger partial charge in [-0.1, -0.05) is 24.8 Å². The molecular formula is C19H26N4O3S2. The summed E-state index contributed by atoms with van der Waals surface area (Å²) >= 11 is 2.65. The number of rotatable bonds is 9. The zero-order chi connectivity index (χ0) is 20.8. The van der Waals surface area contributed by atoms with Crippen LogP contribution < -0.4 is 16.2 Å². The minimum Gasteiger partial charge on any atom is -0.354 e. The number of nitrogens with zero attached hydrogens (tertiary/aromatic N) is 2. The molecule has 1 atom stereocenters. The van der Waals surface area contributed by atoms with Crippen molar-refractivity contribution in [2.75, 3.05) is 12.3 Å². The van der Waals surface area contributed by atoms with Crippen molar-refractivity contribution >= 4 is 45.1 Å². The smallest absolute Gasteiger partial charge is 0.263 e. The lowest BCUT2D eigenvalue weighted by atomic mass is 10.2. The van der Waals surface area contributed by atoms with E-state index >= 15 is 0 Å². The number of thiophene rings is 1. The Morgan fingerprint density at radius 2 is 2.11 bits per heavy atom. The Balaban J connectivity index is 2.16. The van der Waals surface area contributed by atoms with E-state index in [9.17, 15) is 14.4 Å². The normalized spacial score (nSPS) is 12.0. The van der Waals surface area contributed by atoms with E-state index in [1.807, 2.05) is 20.8 Å². The average Bonchev–Trinajstić information content (AvgIpc) is 2.94. The van der Waals surface area contributed by atoms with Gasteiger partial charge in [0.25, 0.3) is 5.56 Å². The van der Waals surface area contributed by atoms with Gasteiger partial charge in [-0.25, -0.2) is 4.98 Å². The number of carbonyl (C=O) groups is 2. The fraction of sp³-hybridized carbons (Fsp3) is 0.474. The maximum Gasteiger partial charge on any atom is 0.263 e. The van der Waals surface area contributed by atoms with Gasteiger partial charge in [0.2, 0.25) is 11.8 Å². The van der Waals surface area contributed by atoms with Gasteiger partial charge in [0.1, 0.15) is 10.9 Å². The maximum absolute atomic E-state index is 12.9. The second-order valence-electron chi connectivity index (χ2n) is 6.43. The van der Waals surface area contributed by atoms with E-state index in [1.165, 1.54) is 27.7 Å². The van der Waals surface area contributed by atoms with Crippen LogP contribution in [0.15, 0.2) is 22.6 Å². The van der Waals surface area contributed by atoms with Gasteiger partial charge in [-0.3, -0.25) is 19.0 Å². The molecule has 152 valence electrons. The lowest BCUT2D eigenvalue weighted by Crippen LogP contribution is -2.45. The topological polar surface area (TPSA) is 93.1 Å². The summed E-state index contributed by atoms with van der Waals surface area (Å²) in [6.45, 7) is 12.1. The predicted octanol–water partition coefficient (Wildman–Crippen LogP) is 2.38. The Morgan fingerprint density at radius 3 is 2.75 bits per heavy atom. The summed E-state index contributed by atoms with van der Waals surface area (Å²) < 4.78 is 1.53. The van der Waals surface area contributed by atoms with Crippen molar-refractivity contribution < 1.29 is 9.59 Å². The Hall–Kier alpha value is -2.13. The zero-order valence-corrected chi connectivity index (χ0v) is 18.3. The first-order valence-corrected chi connectivity index (χ1v) is 10.9. The second-order valence-corrected chi connectivity index (χ2v) is 8.58. The standard InChI is InChI=1S/C19H26N4O3S2/c1-6-8-20-16(25)12(4)21-14(24)10-27-19-22-17-15(11(3)13(5)28-17)18(26)23(19)9-7-2/h7,12H,2,6,8-10H2,1,3-5H3,(H,20,25)(H,21,24)/t12-/m1/s1. The van der Waals surface area contributed by atoms with Gasteiger partial charge in [-0.15, -0.1) is 17.9 Å². The van der Waals surface area contributed by atoms with Gasteiger partial charge in [0, 0.05) is 18.0 Å². The SMILES string of the molecule is C=CCn1c(SCC(=O)N[C@H](C)C(=O)NCCC)nc2sc(C)c(C)c2c1=O. The van der Waals surface area contributed by atoms with E-state index in [0.29, 0.717) is 28.5 Å². The number of allylic oxidation sites excluding steroid dienone is 1. The monoisotopic (exact) mass is 422 g/mol. The fourth-order valence-electron chi connectivity index (χ4n) is 2.59. The molecule has 0 aliphatic heterocycles. The summed E-state index contributed by atoms with van der Waals surface area (Å²) in [7, 11) is 0. The van der Waals surface area contributed by atoms with Crippen LogP contribution in [0.2, 0.25) is 0 Å². The third-order valence-electron chi connectivity index (χ3n) is 4.22. The van der Waals surface area contributed by atoms with E-state index < -0.39 is 6.04 Å². The first-order valence-electron chi connectivity index (χ1n) is 9.11. The van der Waals surface area contributed by atoms with E-state index in [4.69, 9.17) is 0 Å². The van der Waals surface area contributed by atoms with E-state index in [1.54, 1.807) is 13.0 Å². The van der Waals surface area contributed by atoms with Gasteiger partial charge in [-0.05, 0) is 32.8 Å². The Morgan fingerprint density at radius 1 is 1.39 bits per heavy atom. The number of carbonyl (C=O) groups excluding carboxylic acids is 2. The van der Waals surface area contributed by atoms with Crippen LogP contribution in [0.4, 0.5) is 0 Å². The number of amides is 2. The molecule has 2 aromatic rings. The molecule has 2 aromatic heterocycles. The predicted molar refractivity (Wildman–Crippen MR) is 115 cm³/mol. The molecule has 0 aromatic carbocycles. The molecule has 28 heavy (non-hydrogen) atoms. The number of nitrogens with one attached hydrogen (secondary N) is 2. The third-order valence-corrected chi connectivity index (χ3v) is 6.30. The lowest BCUT2D eigenvalue weighted by molar-refractivity contribution is -0.127. The van der Waals surface area contributed by atoms with Gasteiger partial charge >= 0.3 is 0 Å². The number of hydrogen-bond donors (Lipinski definition) is 2. The van der Waals surface area contributed by atoms with Crippen LogP contribution in [0.5, 0.6) is 0 Å². The van der Waals surface area contributed by atoms with Crippen molar-refractivity contribution in [3.8, 4) is 0 Å². The molecule has 0 aliphatic rings. The van der Waals surface area contributed by atoms with E-state index in [-0.39, 0.29) is 23.1 Å². The highest BCUT2D eigenvalue weighted by Crippen LogP contribution is 2.28. The summed E-state index contributed by atoms with van der Waals surface area (Å²) in [6, 6.07) is -0.618. The van der Waals surface area contributed by atoms with Crippen LogP contribution in [0.25, 0.3) is 10.2 Å². The molecule has 0 saturated heterocycles. The second kappa shape index (κ2) is 9.88. The number of fused-ring (bicyclic) bond motifs is 1. The van der Waals surface area contributed by atoms with E-state index in [2.05, 4.69) is 22.2 Å². The summed E-state index contributed by atoms with van der Waals surface area (Å²) in [4.78, 5) is 43.3. The summed E-state index contributed by atoms with van der Waals surface area (Å²) in [5, 5.41) is 6.51. The molecule has 9 heteroatoms. The Kier molecular flexibility index (Phi) is 7.82. The Labute approximate surface area is 172 Å². The summed E-state index contributed by atoms with van der Waals surface area (Å²) in [5.74, 6) is -0.445. The first-order chi connectivity index (χ1) is 13.3. The van der Waals surface area contributed by atoms with Crippen LogP contribution in [-0.2, 0) is 16.1 Å². The molecule has 2 rings (SSSR count). The van der Waals surface area contributed by atoms with Crippen molar-refractivity contribution in [3.05, 3.63) is 33.4 Å². The zero-order valence-electron chi connectivity index (χ0n) is 16.6. The van der Waals surface area contributed by atoms with Crippen LogP contribution in [0.3, 0.4) is 0 Å². The number of hydrogen-bond acceptors (Lipinski definition) is 6. The van der Waals surface area contributed by atoms with Crippen molar-refractivity contribution in [1.29, 1.82) is 0 Å². The van der Waals surface area contributed by atoms with Gasteiger partial charge in [0.15, 0.2) is 5.16 Å². The van der Waals surface area contributed by atoms with Crippen LogP contribution in [0, 0.1) is 13.8 Å². The third kappa shape index (κ3) is 5.02. The van der Waals surface area contributed by atoms with E-state index in [0.717, 1.165) is 16.9 Å². The Bertz CT molecular complexity index is 949. The summed E-state index contributed by atoms with van der Waals surface area (Å²) in [6.07, 6.45) is 2.46. The average molecular weight is 423 g/mol. The molecule has 0 radical (unpaired) electrons. The van der Waals surface area contributed by atoms with Crippen molar-refractivity contribution in [2.24, 2.45) is 0 Å². The van der Waals surface area contributed by atoms with Crippen LogP contribution >= 0.6 is 23.1 Å². The molecular weight excluding hydrogens is 396 g/mol. The molecule has 0 bridgehead atoms. The molecule has 7 nitrogen and oxygen atoms in total. The number of aryl methyl sites for hydroxylation is 2. The number of thioether (sulfide) groups is 1. The molecule has 0 saturated carbocycles. The number of aromatic nitrogens is 2. The minimum absolute atomic E-state index is 0.0594. The highest BCUT2D eigenvalue weighted by Gasteiger charge is 2.19. The van der Waals surface area contributed by atoms with Gasteiger partial charge in [-0.2, -0.15) is 0 Å². The molecule has 0 spiro atoms. The van der Waals surface area contributed by atoms with Crippen LogP contribution in [-0.4, -0.2) is 39.7 Å². The molecule has 0 aliphatic carbocycles. The van der Waals surface area contributed by atoms with Crippen molar-refractivity contribution in [1.82, 2.24) is 20.2 Å². The van der Waals surface area contributed by atoms with Crippen LogP contribution in [0.1, 0.15) is 30.7 Å². The largest absolute Gasteiger partial charge is 0.354 e. The molecule has 2 amide bonds. The molecule has 2 N–H and O–H groups in total. The van der Waals surface area contributed by atoms with Crippen molar-refractivity contribution in [2.45, 2.75) is 51.9 Å². The fourth-order valence-corrected chi connectivity index (χ4v) is 4.48. The van der Waals surface area contributed by atoms with Crippen molar-refractivity contribution in [3.63, 3.8) is 0 Å². The molecule has 2 heterocycles. The lowest BCUT2D eigenvalue weighted by Gasteiger charge is -2.14. The first kappa shape index (κ1) is 22.2. The summed E-state index contributed by atoms with van der Waals surface area (Å²) in [5.41, 5.74) is 0.818. The molecule has 0 fully saturated rings. The molecule has 0 unspecified atom stereocenters.